The number of carbonyl (C=O) groups is 1. The molecular formula is C21H24N4OS. The van der Waals surface area contributed by atoms with Crippen LogP contribution in [-0.4, -0.2) is 27.2 Å². The van der Waals surface area contributed by atoms with E-state index in [-0.39, 0.29) is 5.91 Å². The first-order valence-corrected chi connectivity index (χ1v) is 10.4. The molecule has 1 N–H and O–H groups in total. The standard InChI is InChI=1S/C21H24N4OS/c1-15-14-18(24-25(15)16-8-3-2-4-9-16)21(26)22-13-7-12-20-23-17-10-5-6-11-19(17)27-20/h2-4,8-9,14H,5-7,10-13H2,1H3,(H,22,26). The monoisotopic (exact) mass is 380 g/mol. The van der Waals surface area contributed by atoms with Crippen molar-refractivity contribution >= 4 is 17.2 Å². The van der Waals surface area contributed by atoms with Crippen molar-refractivity contribution in [3.05, 3.63) is 63.4 Å². The molecule has 1 amide bonds. The van der Waals surface area contributed by atoms with E-state index in [4.69, 9.17) is 4.98 Å². The van der Waals surface area contributed by atoms with Crippen molar-refractivity contribution < 1.29 is 4.79 Å². The summed E-state index contributed by atoms with van der Waals surface area (Å²) in [4.78, 5) is 18.7. The number of nitrogens with zero attached hydrogens (tertiary/aromatic N) is 3. The van der Waals surface area contributed by atoms with Gasteiger partial charge in [-0.15, -0.1) is 11.3 Å². The fraction of sp³-hybridized carbons (Fsp3) is 0.381. The van der Waals surface area contributed by atoms with Gasteiger partial charge in [0.1, 0.15) is 0 Å². The van der Waals surface area contributed by atoms with Gasteiger partial charge in [0.25, 0.3) is 5.91 Å². The first-order valence-electron chi connectivity index (χ1n) is 9.58. The number of aromatic nitrogens is 3. The average Bonchev–Trinajstić information content (AvgIpc) is 3.29. The van der Waals surface area contributed by atoms with Crippen LogP contribution in [0.15, 0.2) is 36.4 Å². The Morgan fingerprint density at radius 2 is 2.04 bits per heavy atom. The van der Waals surface area contributed by atoms with E-state index in [1.807, 2.05) is 54.7 Å². The third-order valence-electron chi connectivity index (χ3n) is 4.86. The minimum absolute atomic E-state index is 0.119. The van der Waals surface area contributed by atoms with Crippen LogP contribution in [0.4, 0.5) is 0 Å². The molecule has 4 rings (SSSR count). The molecule has 0 saturated carbocycles. The Hall–Kier alpha value is -2.47. The largest absolute Gasteiger partial charge is 0.351 e. The molecule has 0 aliphatic heterocycles. The van der Waals surface area contributed by atoms with Crippen LogP contribution in [0.2, 0.25) is 0 Å². The molecule has 0 fully saturated rings. The van der Waals surface area contributed by atoms with Gasteiger partial charge in [0.15, 0.2) is 5.69 Å². The summed E-state index contributed by atoms with van der Waals surface area (Å²) >= 11 is 1.85. The second kappa shape index (κ2) is 8.05. The van der Waals surface area contributed by atoms with E-state index in [0.717, 1.165) is 30.6 Å². The van der Waals surface area contributed by atoms with Gasteiger partial charge >= 0.3 is 0 Å². The normalized spacial score (nSPS) is 13.4. The molecule has 0 spiro atoms. The lowest BCUT2D eigenvalue weighted by molar-refractivity contribution is 0.0948. The van der Waals surface area contributed by atoms with Gasteiger partial charge in [-0.2, -0.15) is 5.10 Å². The maximum atomic E-state index is 12.4. The van der Waals surface area contributed by atoms with Crippen LogP contribution >= 0.6 is 11.3 Å². The number of nitrogens with one attached hydrogen (secondary N) is 1. The highest BCUT2D eigenvalue weighted by Gasteiger charge is 2.15. The number of hydrogen-bond acceptors (Lipinski definition) is 4. The van der Waals surface area contributed by atoms with Crippen LogP contribution in [0.25, 0.3) is 5.69 Å². The van der Waals surface area contributed by atoms with Gasteiger partial charge in [0, 0.05) is 23.5 Å². The number of para-hydroxylation sites is 1. The van der Waals surface area contributed by atoms with E-state index < -0.39 is 0 Å². The first kappa shape index (κ1) is 17.9. The number of amides is 1. The molecule has 1 aliphatic carbocycles. The van der Waals surface area contributed by atoms with E-state index in [1.54, 1.807) is 4.68 Å². The Labute approximate surface area is 163 Å². The summed E-state index contributed by atoms with van der Waals surface area (Å²) in [7, 11) is 0. The van der Waals surface area contributed by atoms with Crippen molar-refractivity contribution in [2.45, 2.75) is 45.4 Å². The molecule has 2 aromatic heterocycles. The van der Waals surface area contributed by atoms with Crippen molar-refractivity contribution in [2.75, 3.05) is 6.54 Å². The number of hydrogen-bond donors (Lipinski definition) is 1. The quantitative estimate of drug-likeness (QED) is 0.660. The third kappa shape index (κ3) is 4.11. The highest BCUT2D eigenvalue weighted by atomic mass is 32.1. The predicted octanol–water partition coefficient (Wildman–Crippen LogP) is 3.88. The lowest BCUT2D eigenvalue weighted by atomic mass is 10.0. The van der Waals surface area contributed by atoms with Gasteiger partial charge < -0.3 is 5.32 Å². The lowest BCUT2D eigenvalue weighted by Crippen LogP contribution is -2.25. The van der Waals surface area contributed by atoms with Crippen molar-refractivity contribution in [3.8, 4) is 5.69 Å². The fourth-order valence-electron chi connectivity index (χ4n) is 3.46. The molecule has 140 valence electrons. The van der Waals surface area contributed by atoms with E-state index in [0.29, 0.717) is 12.2 Å². The van der Waals surface area contributed by atoms with Crippen LogP contribution in [0.5, 0.6) is 0 Å². The maximum absolute atomic E-state index is 12.4. The van der Waals surface area contributed by atoms with Crippen LogP contribution in [0, 0.1) is 6.92 Å². The van der Waals surface area contributed by atoms with E-state index in [2.05, 4.69) is 10.4 Å². The number of rotatable bonds is 6. The fourth-order valence-corrected chi connectivity index (χ4v) is 4.66. The molecule has 0 unspecified atom stereocenters. The molecule has 0 atom stereocenters. The summed E-state index contributed by atoms with van der Waals surface area (Å²) in [5.74, 6) is -0.119. The molecule has 3 aromatic rings. The van der Waals surface area contributed by atoms with Gasteiger partial charge in [-0.1, -0.05) is 18.2 Å². The van der Waals surface area contributed by atoms with Crippen molar-refractivity contribution in [1.82, 2.24) is 20.1 Å². The topological polar surface area (TPSA) is 59.8 Å². The zero-order valence-corrected chi connectivity index (χ0v) is 16.4. The minimum Gasteiger partial charge on any atom is -0.351 e. The zero-order valence-electron chi connectivity index (χ0n) is 15.6. The summed E-state index contributed by atoms with van der Waals surface area (Å²) in [6, 6.07) is 11.7. The van der Waals surface area contributed by atoms with Gasteiger partial charge in [-0.3, -0.25) is 4.79 Å². The second-order valence-corrected chi connectivity index (χ2v) is 8.13. The highest BCUT2D eigenvalue weighted by molar-refractivity contribution is 7.11. The van der Waals surface area contributed by atoms with Crippen molar-refractivity contribution in [1.29, 1.82) is 0 Å². The summed E-state index contributed by atoms with van der Waals surface area (Å²) < 4.78 is 1.80. The molecule has 2 heterocycles. The van der Waals surface area contributed by atoms with Crippen LogP contribution in [0.3, 0.4) is 0 Å². The Balaban J connectivity index is 1.30. The van der Waals surface area contributed by atoms with Gasteiger partial charge in [-0.25, -0.2) is 9.67 Å². The Morgan fingerprint density at radius 3 is 2.85 bits per heavy atom. The molecular weight excluding hydrogens is 356 g/mol. The Kier molecular flexibility index (Phi) is 5.34. The number of fused-ring (bicyclic) bond motifs is 1. The van der Waals surface area contributed by atoms with E-state index in [1.165, 1.54) is 34.8 Å². The second-order valence-electron chi connectivity index (χ2n) is 6.96. The Bertz CT molecular complexity index is 906. The average molecular weight is 381 g/mol. The van der Waals surface area contributed by atoms with Crippen molar-refractivity contribution in [3.63, 3.8) is 0 Å². The summed E-state index contributed by atoms with van der Waals surface area (Å²) in [5, 5.41) is 8.65. The highest BCUT2D eigenvalue weighted by Crippen LogP contribution is 2.27. The molecule has 27 heavy (non-hydrogen) atoms. The molecule has 0 bridgehead atoms. The van der Waals surface area contributed by atoms with E-state index >= 15 is 0 Å². The molecule has 1 aromatic carbocycles. The van der Waals surface area contributed by atoms with Gasteiger partial charge in [-0.05, 0) is 57.2 Å². The number of aryl methyl sites for hydroxylation is 4. The molecule has 0 radical (unpaired) electrons. The SMILES string of the molecule is Cc1cc(C(=O)NCCCc2nc3c(s2)CCCC3)nn1-c1ccccc1. The smallest absolute Gasteiger partial charge is 0.271 e. The van der Waals surface area contributed by atoms with Crippen LogP contribution in [-0.2, 0) is 19.3 Å². The van der Waals surface area contributed by atoms with Gasteiger partial charge in [0.05, 0.1) is 16.4 Å². The molecule has 1 aliphatic rings. The molecule has 5 nitrogen and oxygen atoms in total. The van der Waals surface area contributed by atoms with Crippen molar-refractivity contribution in [2.24, 2.45) is 0 Å². The third-order valence-corrected chi connectivity index (χ3v) is 6.08. The maximum Gasteiger partial charge on any atom is 0.271 e. The summed E-state index contributed by atoms with van der Waals surface area (Å²) in [6.45, 7) is 2.60. The minimum atomic E-state index is -0.119. The first-order chi connectivity index (χ1) is 13.2. The van der Waals surface area contributed by atoms with E-state index in [9.17, 15) is 4.79 Å². The van der Waals surface area contributed by atoms with Gasteiger partial charge in [0.2, 0.25) is 0 Å². The number of thiazole rings is 1. The summed E-state index contributed by atoms with van der Waals surface area (Å²) in [5.41, 5.74) is 3.68. The predicted molar refractivity (Wildman–Crippen MR) is 108 cm³/mol. The van der Waals surface area contributed by atoms with Crippen LogP contribution in [0.1, 0.15) is 51.0 Å². The summed E-state index contributed by atoms with van der Waals surface area (Å²) in [6.07, 6.45) is 6.70. The lowest BCUT2D eigenvalue weighted by Gasteiger charge is -2.06. The number of benzene rings is 1. The number of carbonyl (C=O) groups excluding carboxylic acids is 1. The van der Waals surface area contributed by atoms with Crippen LogP contribution < -0.4 is 5.32 Å². The molecule has 0 saturated heterocycles. The molecule has 6 heteroatoms. The zero-order chi connectivity index (χ0) is 18.6. The Morgan fingerprint density at radius 1 is 1.22 bits per heavy atom.